The van der Waals surface area contributed by atoms with Crippen LogP contribution in [-0.4, -0.2) is 38.7 Å². The lowest BCUT2D eigenvalue weighted by molar-refractivity contribution is 0.232. The molecule has 0 radical (unpaired) electrons. The number of nitrogens with zero attached hydrogens (tertiary/aromatic N) is 2. The van der Waals surface area contributed by atoms with Gasteiger partial charge in [-0.3, -0.25) is 5.21 Å². The lowest BCUT2D eigenvalue weighted by Crippen LogP contribution is -2.27. The largest absolute Gasteiger partial charge is 0.493 e. The molecule has 1 rings (SSSR count). The number of benzene rings is 1. The van der Waals surface area contributed by atoms with Crippen LogP contribution in [-0.2, 0) is 0 Å². The van der Waals surface area contributed by atoms with E-state index in [0.29, 0.717) is 22.8 Å². The Balaban J connectivity index is 3.27. The van der Waals surface area contributed by atoms with Gasteiger partial charge in [0.2, 0.25) is 11.7 Å². The van der Waals surface area contributed by atoms with E-state index < -0.39 is 0 Å². The van der Waals surface area contributed by atoms with Crippen LogP contribution in [0.4, 0.5) is 0 Å². The topological polar surface area (TPSA) is 111 Å². The Kier molecular flexibility index (Phi) is 5.88. The molecule has 4 N–H and O–H groups in total. The van der Waals surface area contributed by atoms with Crippen LogP contribution in [0.5, 0.6) is 17.2 Å². The summed E-state index contributed by atoms with van der Waals surface area (Å²) in [7, 11) is 4.41. The first-order chi connectivity index (χ1) is 9.58. The number of nitrogens with one attached hydrogen (secondary N) is 1. The Labute approximate surface area is 120 Å². The minimum Gasteiger partial charge on any atom is -0.493 e. The Morgan fingerprint density at radius 2 is 1.95 bits per heavy atom. The summed E-state index contributed by atoms with van der Waals surface area (Å²) in [6.07, 6.45) is 1.33. The normalized spacial score (nSPS) is 11.6. The Hall–Kier alpha value is -2.19. The van der Waals surface area contributed by atoms with Gasteiger partial charge in [0.25, 0.3) is 0 Å². The lowest BCUT2D eigenvalue weighted by Gasteiger charge is -2.14. The SMILES string of the molecule is COc1cc(/C=N/N=C(N)NO)c(Cl)c(OC)c1OC. The average molecular weight is 303 g/mol. The van der Waals surface area contributed by atoms with Gasteiger partial charge in [0.15, 0.2) is 11.5 Å². The van der Waals surface area contributed by atoms with Crippen molar-refractivity contribution in [1.82, 2.24) is 5.48 Å². The summed E-state index contributed by atoms with van der Waals surface area (Å²) in [6, 6.07) is 1.60. The van der Waals surface area contributed by atoms with E-state index in [2.05, 4.69) is 10.2 Å². The molecule has 0 saturated heterocycles. The number of nitrogens with two attached hydrogens (primary N) is 1. The van der Waals surface area contributed by atoms with Crippen LogP contribution in [0.1, 0.15) is 5.56 Å². The predicted molar refractivity (Wildman–Crippen MR) is 75.2 cm³/mol. The fourth-order valence-electron chi connectivity index (χ4n) is 1.41. The van der Waals surface area contributed by atoms with Crippen LogP contribution in [0.25, 0.3) is 0 Å². The van der Waals surface area contributed by atoms with E-state index in [1.165, 1.54) is 27.5 Å². The van der Waals surface area contributed by atoms with Crippen molar-refractivity contribution in [2.75, 3.05) is 21.3 Å². The van der Waals surface area contributed by atoms with Gasteiger partial charge in [-0.15, -0.1) is 5.10 Å². The third kappa shape index (κ3) is 3.43. The summed E-state index contributed by atoms with van der Waals surface area (Å²) < 4.78 is 15.6. The highest BCUT2D eigenvalue weighted by atomic mass is 35.5. The van der Waals surface area contributed by atoms with Crippen molar-refractivity contribution < 1.29 is 19.4 Å². The number of guanidine groups is 1. The lowest BCUT2D eigenvalue weighted by atomic mass is 10.2. The second-order valence-electron chi connectivity index (χ2n) is 3.39. The van der Waals surface area contributed by atoms with E-state index in [1.807, 2.05) is 0 Å². The first kappa shape index (κ1) is 15.9. The Bertz CT molecular complexity index is 534. The van der Waals surface area contributed by atoms with E-state index in [9.17, 15) is 0 Å². The van der Waals surface area contributed by atoms with Gasteiger partial charge in [-0.05, 0) is 6.07 Å². The summed E-state index contributed by atoms with van der Waals surface area (Å²) in [5, 5.41) is 15.9. The number of ether oxygens (including phenoxy) is 3. The molecule has 0 heterocycles. The third-order valence-electron chi connectivity index (χ3n) is 2.27. The summed E-state index contributed by atoms with van der Waals surface area (Å²) in [5.41, 5.74) is 7.33. The average Bonchev–Trinajstić information content (AvgIpc) is 2.47. The van der Waals surface area contributed by atoms with Crippen LogP contribution in [0.3, 0.4) is 0 Å². The molecule has 0 fully saturated rings. The third-order valence-corrected chi connectivity index (χ3v) is 2.66. The van der Waals surface area contributed by atoms with Crippen molar-refractivity contribution in [3.05, 3.63) is 16.7 Å². The molecule has 0 bridgehead atoms. The van der Waals surface area contributed by atoms with Crippen molar-refractivity contribution in [1.29, 1.82) is 0 Å². The second kappa shape index (κ2) is 7.41. The molecule has 0 aliphatic carbocycles. The van der Waals surface area contributed by atoms with Crippen molar-refractivity contribution in [2.45, 2.75) is 0 Å². The van der Waals surface area contributed by atoms with E-state index in [1.54, 1.807) is 11.5 Å². The molecule has 8 nitrogen and oxygen atoms in total. The van der Waals surface area contributed by atoms with Gasteiger partial charge < -0.3 is 19.9 Å². The molecule has 0 aromatic heterocycles. The van der Waals surface area contributed by atoms with Crippen LogP contribution in [0, 0.1) is 0 Å². The molecule has 1 aromatic carbocycles. The number of hydroxylamine groups is 1. The first-order valence-electron chi connectivity index (χ1n) is 5.34. The van der Waals surface area contributed by atoms with Gasteiger partial charge in [-0.1, -0.05) is 11.6 Å². The summed E-state index contributed by atoms with van der Waals surface area (Å²) >= 11 is 6.17. The number of rotatable bonds is 5. The van der Waals surface area contributed by atoms with Gasteiger partial charge in [-0.2, -0.15) is 5.10 Å². The maximum Gasteiger partial charge on any atom is 0.237 e. The fourth-order valence-corrected chi connectivity index (χ4v) is 1.68. The molecule has 9 heteroatoms. The van der Waals surface area contributed by atoms with Crippen molar-refractivity contribution >= 4 is 23.8 Å². The monoisotopic (exact) mass is 302 g/mol. The van der Waals surface area contributed by atoms with Crippen molar-refractivity contribution in [3.8, 4) is 17.2 Å². The van der Waals surface area contributed by atoms with Gasteiger partial charge in [0, 0.05) is 5.56 Å². The zero-order chi connectivity index (χ0) is 15.1. The number of hydrogen-bond acceptors (Lipinski definition) is 6. The van der Waals surface area contributed by atoms with Gasteiger partial charge in [0.05, 0.1) is 32.6 Å². The van der Waals surface area contributed by atoms with Gasteiger partial charge in [-0.25, -0.2) is 5.48 Å². The highest BCUT2D eigenvalue weighted by molar-refractivity contribution is 6.35. The van der Waals surface area contributed by atoms with Crippen LogP contribution in [0.15, 0.2) is 16.3 Å². The van der Waals surface area contributed by atoms with Crippen LogP contribution >= 0.6 is 11.6 Å². The minimum absolute atomic E-state index is 0.259. The molecule has 0 spiro atoms. The molecule has 0 saturated carbocycles. The fraction of sp³-hybridized carbons (Fsp3) is 0.273. The second-order valence-corrected chi connectivity index (χ2v) is 3.77. The maximum atomic E-state index is 8.46. The molecule has 0 unspecified atom stereocenters. The molecular weight excluding hydrogens is 288 g/mol. The molecule has 110 valence electrons. The molecule has 20 heavy (non-hydrogen) atoms. The quantitative estimate of drug-likeness (QED) is 0.425. The number of halogens is 1. The Morgan fingerprint density at radius 3 is 2.45 bits per heavy atom. The summed E-state index contributed by atoms with van der Waals surface area (Å²) in [4.78, 5) is 0. The minimum atomic E-state index is -0.259. The zero-order valence-corrected chi connectivity index (χ0v) is 11.9. The van der Waals surface area contributed by atoms with Crippen molar-refractivity contribution in [2.24, 2.45) is 15.9 Å². The van der Waals surface area contributed by atoms with E-state index in [0.717, 1.165) is 0 Å². The smallest absolute Gasteiger partial charge is 0.237 e. The van der Waals surface area contributed by atoms with E-state index in [-0.39, 0.29) is 11.0 Å². The molecule has 0 amide bonds. The van der Waals surface area contributed by atoms with E-state index >= 15 is 0 Å². The number of methoxy groups -OCH3 is 3. The number of hydrogen-bond donors (Lipinski definition) is 3. The predicted octanol–water partition coefficient (Wildman–Crippen LogP) is 0.993. The van der Waals surface area contributed by atoms with Gasteiger partial charge >= 0.3 is 0 Å². The molecule has 0 aliphatic rings. The first-order valence-corrected chi connectivity index (χ1v) is 5.71. The maximum absolute atomic E-state index is 8.46. The zero-order valence-electron chi connectivity index (χ0n) is 11.2. The molecule has 1 aromatic rings. The Morgan fingerprint density at radius 1 is 1.30 bits per heavy atom. The van der Waals surface area contributed by atoms with Gasteiger partial charge in [0.1, 0.15) is 0 Å². The van der Waals surface area contributed by atoms with Crippen molar-refractivity contribution in [3.63, 3.8) is 0 Å². The molecule has 0 atom stereocenters. The summed E-state index contributed by atoms with van der Waals surface area (Å²) in [5.74, 6) is 0.849. The molecule has 0 aliphatic heterocycles. The standard InChI is InChI=1S/C11H15ClN4O4/c1-18-7-4-6(5-14-15-11(13)16-17)8(12)10(20-3)9(7)19-2/h4-5,17H,1-3H3,(H3,13,15,16)/b14-5+. The van der Waals surface area contributed by atoms with E-state index in [4.69, 9.17) is 36.8 Å². The van der Waals surface area contributed by atoms with Crippen LogP contribution < -0.4 is 25.4 Å². The van der Waals surface area contributed by atoms with Crippen LogP contribution in [0.2, 0.25) is 5.02 Å². The molecular formula is C11H15ClN4O4. The highest BCUT2D eigenvalue weighted by Gasteiger charge is 2.18. The highest BCUT2D eigenvalue weighted by Crippen LogP contribution is 2.44. The summed E-state index contributed by atoms with van der Waals surface area (Å²) in [6.45, 7) is 0.